The SMILES string of the molecule is Cc1ccc(Cl)cc1NC(=S)NC(C)(C)C. The van der Waals surface area contributed by atoms with Crippen LogP contribution in [0.15, 0.2) is 18.2 Å². The lowest BCUT2D eigenvalue weighted by atomic mass is 10.1. The molecule has 2 nitrogen and oxygen atoms in total. The molecule has 0 amide bonds. The highest BCUT2D eigenvalue weighted by Gasteiger charge is 2.11. The summed E-state index contributed by atoms with van der Waals surface area (Å²) in [6, 6.07) is 5.69. The molecule has 0 aromatic heterocycles. The summed E-state index contributed by atoms with van der Waals surface area (Å²) in [7, 11) is 0. The van der Waals surface area contributed by atoms with Crippen LogP contribution >= 0.6 is 23.8 Å². The zero-order valence-corrected chi connectivity index (χ0v) is 11.6. The van der Waals surface area contributed by atoms with Gasteiger partial charge in [0.05, 0.1) is 0 Å². The average Bonchev–Trinajstić information content (AvgIpc) is 2.08. The molecule has 0 fully saturated rings. The Morgan fingerprint density at radius 3 is 2.50 bits per heavy atom. The van der Waals surface area contributed by atoms with Gasteiger partial charge < -0.3 is 10.6 Å². The molecule has 1 aromatic rings. The summed E-state index contributed by atoms with van der Waals surface area (Å²) in [5.74, 6) is 0. The topological polar surface area (TPSA) is 24.1 Å². The minimum absolute atomic E-state index is 0.0451. The molecule has 0 bridgehead atoms. The maximum Gasteiger partial charge on any atom is 0.171 e. The summed E-state index contributed by atoms with van der Waals surface area (Å²) < 4.78 is 0. The highest BCUT2D eigenvalue weighted by Crippen LogP contribution is 2.20. The highest BCUT2D eigenvalue weighted by molar-refractivity contribution is 7.80. The zero-order chi connectivity index (χ0) is 12.3. The molecule has 16 heavy (non-hydrogen) atoms. The van der Waals surface area contributed by atoms with Crippen LogP contribution in [0.1, 0.15) is 26.3 Å². The Labute approximate surface area is 107 Å². The van der Waals surface area contributed by atoms with Crippen molar-refractivity contribution in [3.63, 3.8) is 0 Å². The number of anilines is 1. The molecule has 2 N–H and O–H groups in total. The molecule has 0 atom stereocenters. The molecule has 0 aliphatic rings. The molecule has 0 spiro atoms. The first-order valence-electron chi connectivity index (χ1n) is 5.13. The standard InChI is InChI=1S/C12H17ClN2S/c1-8-5-6-9(13)7-10(8)14-11(16)15-12(2,3)4/h5-7H,1-4H3,(H2,14,15,16). The van der Waals surface area contributed by atoms with Crippen LogP contribution in [-0.4, -0.2) is 10.7 Å². The number of aryl methyl sites for hydroxylation is 1. The van der Waals surface area contributed by atoms with Crippen molar-refractivity contribution in [2.75, 3.05) is 5.32 Å². The van der Waals surface area contributed by atoms with Gasteiger partial charge in [0.25, 0.3) is 0 Å². The van der Waals surface area contributed by atoms with E-state index in [1.54, 1.807) is 0 Å². The number of nitrogens with one attached hydrogen (secondary N) is 2. The minimum Gasteiger partial charge on any atom is -0.358 e. The van der Waals surface area contributed by atoms with Crippen LogP contribution in [0.5, 0.6) is 0 Å². The summed E-state index contributed by atoms with van der Waals surface area (Å²) in [6.45, 7) is 8.20. The third kappa shape index (κ3) is 4.37. The van der Waals surface area contributed by atoms with E-state index < -0.39 is 0 Å². The fourth-order valence-corrected chi connectivity index (χ4v) is 1.81. The van der Waals surface area contributed by atoms with Crippen molar-refractivity contribution in [3.8, 4) is 0 Å². The van der Waals surface area contributed by atoms with Gasteiger partial charge in [-0.25, -0.2) is 0 Å². The molecule has 0 saturated heterocycles. The van der Waals surface area contributed by atoms with Gasteiger partial charge in [-0.05, 0) is 57.6 Å². The molecule has 0 heterocycles. The van der Waals surface area contributed by atoms with E-state index in [9.17, 15) is 0 Å². The van der Waals surface area contributed by atoms with Gasteiger partial charge >= 0.3 is 0 Å². The van der Waals surface area contributed by atoms with Crippen LogP contribution in [0.3, 0.4) is 0 Å². The van der Waals surface area contributed by atoms with Gasteiger partial charge in [-0.2, -0.15) is 0 Å². The smallest absolute Gasteiger partial charge is 0.171 e. The molecule has 0 unspecified atom stereocenters. The molecular weight excluding hydrogens is 240 g/mol. The fourth-order valence-electron chi connectivity index (χ4n) is 1.22. The largest absolute Gasteiger partial charge is 0.358 e. The number of thiocarbonyl (C=S) groups is 1. The van der Waals surface area contributed by atoms with Gasteiger partial charge in [0.15, 0.2) is 5.11 Å². The van der Waals surface area contributed by atoms with E-state index in [-0.39, 0.29) is 5.54 Å². The number of rotatable bonds is 1. The Hall–Kier alpha value is -0.800. The Bertz CT molecular complexity index is 396. The summed E-state index contributed by atoms with van der Waals surface area (Å²) in [6.07, 6.45) is 0. The van der Waals surface area contributed by atoms with E-state index in [4.69, 9.17) is 23.8 Å². The van der Waals surface area contributed by atoms with Crippen LogP contribution in [0, 0.1) is 6.92 Å². The maximum atomic E-state index is 5.93. The first-order valence-corrected chi connectivity index (χ1v) is 5.92. The third-order valence-corrected chi connectivity index (χ3v) is 2.38. The predicted octanol–water partition coefficient (Wildman–Crippen LogP) is 3.73. The predicted molar refractivity (Wildman–Crippen MR) is 75.3 cm³/mol. The molecule has 4 heteroatoms. The second kappa shape index (κ2) is 5.02. The molecule has 0 aliphatic heterocycles. The first-order chi connectivity index (χ1) is 7.28. The summed E-state index contributed by atoms with van der Waals surface area (Å²) in [4.78, 5) is 0. The molecule has 1 aromatic carbocycles. The first kappa shape index (κ1) is 13.3. The minimum atomic E-state index is -0.0451. The summed E-state index contributed by atoms with van der Waals surface area (Å²) >= 11 is 11.2. The Kier molecular flexibility index (Phi) is 4.16. The number of halogens is 1. The molecule has 1 rings (SSSR count). The van der Waals surface area contributed by atoms with Crippen molar-refractivity contribution in [1.29, 1.82) is 0 Å². The van der Waals surface area contributed by atoms with E-state index in [1.165, 1.54) is 0 Å². The average molecular weight is 257 g/mol. The van der Waals surface area contributed by atoms with Crippen molar-refractivity contribution in [3.05, 3.63) is 28.8 Å². The summed E-state index contributed by atoms with van der Waals surface area (Å²) in [5.41, 5.74) is 2.01. The Balaban J connectivity index is 2.73. The molecule has 0 radical (unpaired) electrons. The lowest BCUT2D eigenvalue weighted by Gasteiger charge is -2.23. The lowest BCUT2D eigenvalue weighted by molar-refractivity contribution is 0.515. The van der Waals surface area contributed by atoms with Crippen molar-refractivity contribution in [2.45, 2.75) is 33.2 Å². The molecular formula is C12H17ClN2S. The maximum absolute atomic E-state index is 5.93. The second-order valence-corrected chi connectivity index (χ2v) is 5.63. The second-order valence-electron chi connectivity index (χ2n) is 4.79. The van der Waals surface area contributed by atoms with Gasteiger partial charge in [-0.1, -0.05) is 17.7 Å². The monoisotopic (exact) mass is 256 g/mol. The van der Waals surface area contributed by atoms with E-state index >= 15 is 0 Å². The van der Waals surface area contributed by atoms with E-state index in [2.05, 4.69) is 31.4 Å². The van der Waals surface area contributed by atoms with Crippen molar-refractivity contribution in [1.82, 2.24) is 5.32 Å². The number of hydrogen-bond donors (Lipinski definition) is 2. The fraction of sp³-hybridized carbons (Fsp3) is 0.417. The van der Waals surface area contributed by atoms with Gasteiger partial charge in [-0.3, -0.25) is 0 Å². The molecule has 0 saturated carbocycles. The van der Waals surface area contributed by atoms with Crippen LogP contribution in [0.25, 0.3) is 0 Å². The lowest BCUT2D eigenvalue weighted by Crippen LogP contribution is -2.43. The van der Waals surface area contributed by atoms with E-state index in [0.29, 0.717) is 10.1 Å². The molecule has 88 valence electrons. The highest BCUT2D eigenvalue weighted by atomic mass is 35.5. The van der Waals surface area contributed by atoms with Crippen LogP contribution in [0.4, 0.5) is 5.69 Å². The van der Waals surface area contributed by atoms with Gasteiger partial charge in [-0.15, -0.1) is 0 Å². The van der Waals surface area contributed by atoms with Crippen molar-refractivity contribution in [2.24, 2.45) is 0 Å². The third-order valence-electron chi connectivity index (χ3n) is 1.94. The number of benzene rings is 1. The van der Waals surface area contributed by atoms with Crippen LogP contribution < -0.4 is 10.6 Å². The van der Waals surface area contributed by atoms with Gasteiger partial charge in [0, 0.05) is 16.2 Å². The number of hydrogen-bond acceptors (Lipinski definition) is 1. The van der Waals surface area contributed by atoms with Crippen molar-refractivity contribution < 1.29 is 0 Å². The van der Waals surface area contributed by atoms with Crippen LogP contribution in [0.2, 0.25) is 5.02 Å². The van der Waals surface area contributed by atoms with Gasteiger partial charge in [0.1, 0.15) is 0 Å². The van der Waals surface area contributed by atoms with Crippen LogP contribution in [-0.2, 0) is 0 Å². The molecule has 0 aliphatic carbocycles. The Morgan fingerprint density at radius 2 is 1.94 bits per heavy atom. The normalized spacial score (nSPS) is 11.1. The quantitative estimate of drug-likeness (QED) is 0.749. The zero-order valence-electron chi connectivity index (χ0n) is 10.0. The van der Waals surface area contributed by atoms with Gasteiger partial charge in [0.2, 0.25) is 0 Å². The Morgan fingerprint density at radius 1 is 1.31 bits per heavy atom. The van der Waals surface area contributed by atoms with E-state index in [1.807, 2.05) is 25.1 Å². The van der Waals surface area contributed by atoms with E-state index in [0.717, 1.165) is 11.3 Å². The van der Waals surface area contributed by atoms with Crippen molar-refractivity contribution >= 4 is 34.6 Å². The summed E-state index contributed by atoms with van der Waals surface area (Å²) in [5, 5.41) is 7.64.